The first-order valence-electron chi connectivity index (χ1n) is 3.65. The molecule has 0 saturated carbocycles. The van der Waals surface area contributed by atoms with Crippen molar-refractivity contribution in [2.75, 3.05) is 0 Å². The van der Waals surface area contributed by atoms with Crippen LogP contribution in [-0.2, 0) is 10.0 Å². The van der Waals surface area contributed by atoms with Crippen LogP contribution in [0.4, 0.5) is 0 Å². The molecule has 7 heteroatoms. The van der Waals surface area contributed by atoms with Crippen LogP contribution in [-0.4, -0.2) is 18.6 Å². The molecular formula is C7H6ClN3O2S. The normalized spacial score (nSPS) is 12.1. The van der Waals surface area contributed by atoms with E-state index in [-0.39, 0.29) is 5.03 Å². The van der Waals surface area contributed by atoms with E-state index < -0.39 is 10.0 Å². The van der Waals surface area contributed by atoms with Gasteiger partial charge in [-0.2, -0.15) is 5.10 Å². The van der Waals surface area contributed by atoms with Crippen LogP contribution in [0.3, 0.4) is 0 Å². The Morgan fingerprint density at radius 1 is 1.43 bits per heavy atom. The van der Waals surface area contributed by atoms with Crippen molar-refractivity contribution in [3.05, 3.63) is 23.2 Å². The summed E-state index contributed by atoms with van der Waals surface area (Å²) in [7, 11) is -3.81. The highest BCUT2D eigenvalue weighted by Gasteiger charge is 2.17. The minimum Gasteiger partial charge on any atom is -0.265 e. The molecule has 0 aliphatic rings. The molecule has 1 aromatic heterocycles. The van der Waals surface area contributed by atoms with E-state index in [1.807, 2.05) is 0 Å². The van der Waals surface area contributed by atoms with E-state index in [9.17, 15) is 8.42 Å². The third-order valence-corrected chi connectivity index (χ3v) is 2.96. The maximum Gasteiger partial charge on any atom is 0.255 e. The molecule has 5 nitrogen and oxygen atoms in total. The number of rotatable bonds is 1. The van der Waals surface area contributed by atoms with E-state index in [2.05, 4.69) is 10.2 Å². The summed E-state index contributed by atoms with van der Waals surface area (Å²) in [5, 5.41) is 11.6. The van der Waals surface area contributed by atoms with Crippen molar-refractivity contribution in [2.24, 2.45) is 5.14 Å². The van der Waals surface area contributed by atoms with E-state index in [0.29, 0.717) is 15.9 Å². The summed E-state index contributed by atoms with van der Waals surface area (Å²) in [6.07, 6.45) is 0. The molecule has 2 aromatic rings. The van der Waals surface area contributed by atoms with Crippen molar-refractivity contribution in [3.8, 4) is 0 Å². The molecule has 74 valence electrons. The Balaban J connectivity index is 2.94. The van der Waals surface area contributed by atoms with Gasteiger partial charge in [-0.1, -0.05) is 17.7 Å². The lowest BCUT2D eigenvalue weighted by Crippen LogP contribution is -2.13. The number of nitrogens with one attached hydrogen (secondary N) is 1. The van der Waals surface area contributed by atoms with Gasteiger partial charge in [0.05, 0.1) is 15.9 Å². The first kappa shape index (κ1) is 9.45. The van der Waals surface area contributed by atoms with Gasteiger partial charge in [0.2, 0.25) is 0 Å². The van der Waals surface area contributed by atoms with Crippen LogP contribution in [0.25, 0.3) is 10.9 Å². The van der Waals surface area contributed by atoms with Gasteiger partial charge in [-0.05, 0) is 12.1 Å². The van der Waals surface area contributed by atoms with Gasteiger partial charge < -0.3 is 0 Å². The highest BCUT2D eigenvalue weighted by atomic mass is 35.5. The van der Waals surface area contributed by atoms with Crippen LogP contribution >= 0.6 is 11.6 Å². The van der Waals surface area contributed by atoms with Crippen LogP contribution in [0.15, 0.2) is 23.2 Å². The molecule has 14 heavy (non-hydrogen) atoms. The Labute approximate surface area is 84.9 Å². The number of benzene rings is 1. The molecule has 2 rings (SSSR count). The second kappa shape index (κ2) is 2.94. The number of nitrogens with two attached hydrogens (primary N) is 1. The minimum absolute atomic E-state index is 0.155. The number of hydrogen-bond donors (Lipinski definition) is 2. The standard InChI is InChI=1S/C7H6ClN3O2S/c8-4-2-1-3-5-6(4)7(11-10-5)14(9,12)13/h1-3H,(H,10,11)(H2,9,12,13). The van der Waals surface area contributed by atoms with E-state index in [4.69, 9.17) is 16.7 Å². The second-order valence-corrected chi connectivity index (χ2v) is 4.64. The molecule has 1 aromatic carbocycles. The Bertz CT molecular complexity index is 590. The zero-order valence-corrected chi connectivity index (χ0v) is 8.43. The predicted octanol–water partition coefficient (Wildman–Crippen LogP) is 0.864. The predicted molar refractivity (Wildman–Crippen MR) is 52.5 cm³/mol. The molecule has 0 saturated heterocycles. The van der Waals surface area contributed by atoms with Crippen LogP contribution in [0.2, 0.25) is 5.02 Å². The second-order valence-electron chi connectivity index (χ2n) is 2.73. The third kappa shape index (κ3) is 1.37. The van der Waals surface area contributed by atoms with E-state index >= 15 is 0 Å². The average Bonchev–Trinajstić information content (AvgIpc) is 2.47. The van der Waals surface area contributed by atoms with Crippen molar-refractivity contribution in [1.29, 1.82) is 0 Å². The third-order valence-electron chi connectivity index (χ3n) is 1.78. The quantitative estimate of drug-likeness (QED) is 0.763. The van der Waals surface area contributed by atoms with Crippen molar-refractivity contribution >= 4 is 32.5 Å². The van der Waals surface area contributed by atoms with Gasteiger partial charge >= 0.3 is 0 Å². The summed E-state index contributed by atoms with van der Waals surface area (Å²) in [6.45, 7) is 0. The molecule has 0 aliphatic heterocycles. The number of halogens is 1. The molecule has 0 atom stereocenters. The maximum absolute atomic E-state index is 11.1. The molecule has 1 heterocycles. The van der Waals surface area contributed by atoms with E-state index in [1.54, 1.807) is 18.2 Å². The van der Waals surface area contributed by atoms with Gasteiger partial charge in [-0.3, -0.25) is 5.10 Å². The smallest absolute Gasteiger partial charge is 0.255 e. The van der Waals surface area contributed by atoms with Gasteiger partial charge in [-0.15, -0.1) is 0 Å². The molecule has 0 unspecified atom stereocenters. The molecule has 0 amide bonds. The van der Waals surface area contributed by atoms with Crippen LogP contribution in [0.5, 0.6) is 0 Å². The number of H-pyrrole nitrogens is 1. The molecule has 0 radical (unpaired) electrons. The number of nitrogens with zero attached hydrogens (tertiary/aromatic N) is 1. The number of fused-ring (bicyclic) bond motifs is 1. The Kier molecular flexibility index (Phi) is 1.99. The summed E-state index contributed by atoms with van der Waals surface area (Å²) in [5.74, 6) is 0. The maximum atomic E-state index is 11.1. The largest absolute Gasteiger partial charge is 0.265 e. The van der Waals surface area contributed by atoms with Gasteiger partial charge in [0, 0.05) is 0 Å². The van der Waals surface area contributed by atoms with Gasteiger partial charge in [-0.25, -0.2) is 13.6 Å². The van der Waals surface area contributed by atoms with Crippen molar-refractivity contribution in [1.82, 2.24) is 10.2 Å². The molecule has 3 N–H and O–H groups in total. The Morgan fingerprint density at radius 2 is 2.14 bits per heavy atom. The van der Waals surface area contributed by atoms with Gasteiger partial charge in [0.15, 0.2) is 5.03 Å². The number of aromatic nitrogens is 2. The zero-order valence-electron chi connectivity index (χ0n) is 6.86. The topological polar surface area (TPSA) is 88.8 Å². The lowest BCUT2D eigenvalue weighted by Gasteiger charge is -1.95. The first-order chi connectivity index (χ1) is 6.50. The fourth-order valence-electron chi connectivity index (χ4n) is 1.20. The molecule has 0 fully saturated rings. The summed E-state index contributed by atoms with van der Waals surface area (Å²) < 4.78 is 22.2. The molecule has 0 aliphatic carbocycles. The summed E-state index contributed by atoms with van der Waals surface area (Å²) in [6, 6.07) is 4.90. The average molecular weight is 232 g/mol. The summed E-state index contributed by atoms with van der Waals surface area (Å²) in [5.41, 5.74) is 0.474. The Hall–Kier alpha value is -1.11. The fraction of sp³-hybridized carbons (Fsp3) is 0. The van der Waals surface area contributed by atoms with Crippen LogP contribution in [0, 0.1) is 0 Å². The van der Waals surface area contributed by atoms with E-state index in [0.717, 1.165) is 0 Å². The lowest BCUT2D eigenvalue weighted by molar-refractivity contribution is 0.594. The zero-order chi connectivity index (χ0) is 10.3. The van der Waals surface area contributed by atoms with Gasteiger partial charge in [0.1, 0.15) is 0 Å². The fourth-order valence-corrected chi connectivity index (χ4v) is 2.20. The molecular weight excluding hydrogens is 226 g/mol. The number of aromatic amines is 1. The molecule has 0 bridgehead atoms. The number of hydrogen-bond acceptors (Lipinski definition) is 3. The highest BCUT2D eigenvalue weighted by molar-refractivity contribution is 7.89. The van der Waals surface area contributed by atoms with Crippen molar-refractivity contribution in [3.63, 3.8) is 0 Å². The number of sulfonamides is 1. The highest BCUT2D eigenvalue weighted by Crippen LogP contribution is 2.26. The van der Waals surface area contributed by atoms with Gasteiger partial charge in [0.25, 0.3) is 10.0 Å². The summed E-state index contributed by atoms with van der Waals surface area (Å²) >= 11 is 5.83. The lowest BCUT2D eigenvalue weighted by atomic mass is 10.3. The van der Waals surface area contributed by atoms with Crippen LogP contribution < -0.4 is 5.14 Å². The monoisotopic (exact) mass is 231 g/mol. The number of primary sulfonamides is 1. The SMILES string of the molecule is NS(=O)(=O)c1[nH]nc2cccc(Cl)c12. The van der Waals surface area contributed by atoms with Crippen molar-refractivity contribution in [2.45, 2.75) is 5.03 Å². The first-order valence-corrected chi connectivity index (χ1v) is 5.58. The Morgan fingerprint density at radius 3 is 2.79 bits per heavy atom. The summed E-state index contributed by atoms with van der Waals surface area (Å²) in [4.78, 5) is 0. The molecule has 0 spiro atoms. The van der Waals surface area contributed by atoms with E-state index in [1.165, 1.54) is 0 Å². The van der Waals surface area contributed by atoms with Crippen LogP contribution in [0.1, 0.15) is 0 Å². The van der Waals surface area contributed by atoms with Crippen molar-refractivity contribution < 1.29 is 8.42 Å². The minimum atomic E-state index is -3.81.